The van der Waals surface area contributed by atoms with E-state index in [1.54, 1.807) is 13.2 Å². The van der Waals surface area contributed by atoms with Gasteiger partial charge in [0.05, 0.1) is 16.1 Å². The van der Waals surface area contributed by atoms with E-state index >= 15 is 0 Å². The quantitative estimate of drug-likeness (QED) is 0.868. The van der Waals surface area contributed by atoms with E-state index in [-0.39, 0.29) is 12.1 Å². The SMILES string of the molecule is CNC(c1cccc(Cl)c1Cl)C(OC)c1ccccc1. The predicted octanol–water partition coefficient (Wildman–Crippen LogP) is 4.64. The van der Waals surface area contributed by atoms with Crippen molar-refractivity contribution < 1.29 is 4.74 Å². The Bertz CT molecular complexity index is 560. The molecule has 2 aromatic rings. The van der Waals surface area contributed by atoms with E-state index in [4.69, 9.17) is 27.9 Å². The maximum Gasteiger partial charge on any atom is 0.102 e. The first-order valence-electron chi connectivity index (χ1n) is 6.38. The van der Waals surface area contributed by atoms with E-state index < -0.39 is 0 Å². The Hall–Kier alpha value is -1.06. The lowest BCUT2D eigenvalue weighted by molar-refractivity contribution is 0.0702. The fraction of sp³-hybridized carbons (Fsp3) is 0.250. The van der Waals surface area contributed by atoms with E-state index in [2.05, 4.69) is 5.32 Å². The van der Waals surface area contributed by atoms with Gasteiger partial charge in [-0.3, -0.25) is 0 Å². The Morgan fingerprint density at radius 1 is 1.00 bits per heavy atom. The van der Waals surface area contributed by atoms with E-state index in [1.165, 1.54) is 0 Å². The third-order valence-electron chi connectivity index (χ3n) is 3.31. The Morgan fingerprint density at radius 2 is 1.70 bits per heavy atom. The molecular formula is C16H17Cl2NO. The van der Waals surface area contributed by atoms with Gasteiger partial charge in [-0.2, -0.15) is 0 Å². The van der Waals surface area contributed by atoms with Gasteiger partial charge >= 0.3 is 0 Å². The number of nitrogens with one attached hydrogen (secondary N) is 1. The first kappa shape index (κ1) is 15.3. The van der Waals surface area contributed by atoms with Crippen LogP contribution in [0, 0.1) is 0 Å². The molecule has 1 N–H and O–H groups in total. The molecule has 0 heterocycles. The van der Waals surface area contributed by atoms with Crippen LogP contribution in [0.3, 0.4) is 0 Å². The van der Waals surface area contributed by atoms with Crippen molar-refractivity contribution >= 4 is 23.2 Å². The van der Waals surface area contributed by atoms with Crippen LogP contribution in [0.1, 0.15) is 23.3 Å². The minimum absolute atomic E-state index is 0.0754. The number of rotatable bonds is 5. The van der Waals surface area contributed by atoms with Crippen molar-refractivity contribution in [2.75, 3.05) is 14.2 Å². The molecule has 4 heteroatoms. The average molecular weight is 310 g/mol. The molecule has 106 valence electrons. The predicted molar refractivity (Wildman–Crippen MR) is 84.5 cm³/mol. The summed E-state index contributed by atoms with van der Waals surface area (Å²) in [6, 6.07) is 15.6. The molecule has 0 bridgehead atoms. The second-order valence-electron chi connectivity index (χ2n) is 4.48. The highest BCUT2D eigenvalue weighted by atomic mass is 35.5. The standard InChI is InChI=1S/C16H17Cl2NO/c1-19-15(12-9-6-10-13(17)14(12)18)16(20-2)11-7-4-3-5-8-11/h3-10,15-16,19H,1-2H3. The molecule has 2 aromatic carbocycles. The molecule has 0 aliphatic carbocycles. The van der Waals surface area contributed by atoms with Crippen molar-refractivity contribution in [1.29, 1.82) is 0 Å². The summed E-state index contributed by atoms with van der Waals surface area (Å²) in [5, 5.41) is 4.38. The highest BCUT2D eigenvalue weighted by Gasteiger charge is 2.25. The van der Waals surface area contributed by atoms with E-state index in [1.807, 2.05) is 49.5 Å². The van der Waals surface area contributed by atoms with Crippen LogP contribution in [0.25, 0.3) is 0 Å². The second kappa shape index (κ2) is 7.09. The van der Waals surface area contributed by atoms with Gasteiger partial charge in [0, 0.05) is 7.11 Å². The van der Waals surface area contributed by atoms with Crippen LogP contribution >= 0.6 is 23.2 Å². The first-order valence-corrected chi connectivity index (χ1v) is 7.13. The number of hydrogen-bond acceptors (Lipinski definition) is 2. The van der Waals surface area contributed by atoms with Crippen LogP contribution in [0.2, 0.25) is 10.0 Å². The van der Waals surface area contributed by atoms with Crippen molar-refractivity contribution in [3.05, 3.63) is 69.7 Å². The Balaban J connectivity index is 2.42. The third kappa shape index (κ3) is 3.15. The molecule has 2 nitrogen and oxygen atoms in total. The van der Waals surface area contributed by atoms with Gasteiger partial charge in [-0.15, -0.1) is 0 Å². The molecule has 2 unspecified atom stereocenters. The summed E-state index contributed by atoms with van der Waals surface area (Å²) in [6.07, 6.45) is -0.142. The number of likely N-dealkylation sites (N-methyl/N-ethyl adjacent to an activating group) is 1. The molecule has 0 saturated carbocycles. The normalized spacial score (nSPS) is 14.0. The van der Waals surface area contributed by atoms with Crippen LogP contribution < -0.4 is 5.32 Å². The fourth-order valence-corrected chi connectivity index (χ4v) is 2.76. The maximum absolute atomic E-state index is 6.33. The summed E-state index contributed by atoms with van der Waals surface area (Å²) in [4.78, 5) is 0. The maximum atomic E-state index is 6.33. The van der Waals surface area contributed by atoms with Gasteiger partial charge in [0.15, 0.2) is 0 Å². The van der Waals surface area contributed by atoms with Crippen molar-refractivity contribution in [2.24, 2.45) is 0 Å². The highest BCUT2D eigenvalue weighted by molar-refractivity contribution is 6.42. The van der Waals surface area contributed by atoms with Gasteiger partial charge in [-0.25, -0.2) is 0 Å². The minimum Gasteiger partial charge on any atom is -0.375 e. The van der Waals surface area contributed by atoms with Crippen molar-refractivity contribution in [1.82, 2.24) is 5.32 Å². The van der Waals surface area contributed by atoms with Gasteiger partial charge in [0.25, 0.3) is 0 Å². The summed E-state index contributed by atoms with van der Waals surface area (Å²) in [5.41, 5.74) is 2.02. The summed E-state index contributed by atoms with van der Waals surface area (Å²) >= 11 is 12.4. The fourth-order valence-electron chi connectivity index (χ4n) is 2.34. The van der Waals surface area contributed by atoms with E-state index in [0.717, 1.165) is 11.1 Å². The molecule has 0 aliphatic heterocycles. The zero-order valence-corrected chi connectivity index (χ0v) is 12.9. The average Bonchev–Trinajstić information content (AvgIpc) is 2.49. The molecule has 20 heavy (non-hydrogen) atoms. The van der Waals surface area contributed by atoms with Crippen LogP contribution in [0.5, 0.6) is 0 Å². The topological polar surface area (TPSA) is 21.3 Å². The Kier molecular flexibility index (Phi) is 5.44. The summed E-state index contributed by atoms with van der Waals surface area (Å²) in [5.74, 6) is 0. The highest BCUT2D eigenvalue weighted by Crippen LogP contribution is 2.37. The largest absolute Gasteiger partial charge is 0.375 e. The van der Waals surface area contributed by atoms with E-state index in [9.17, 15) is 0 Å². The molecule has 0 amide bonds. The second-order valence-corrected chi connectivity index (χ2v) is 5.26. The van der Waals surface area contributed by atoms with Crippen LogP contribution in [-0.2, 0) is 4.74 Å². The first-order chi connectivity index (χ1) is 9.69. The summed E-state index contributed by atoms with van der Waals surface area (Å²) < 4.78 is 5.67. The monoisotopic (exact) mass is 309 g/mol. The van der Waals surface area contributed by atoms with Crippen LogP contribution in [0.4, 0.5) is 0 Å². The molecule has 2 atom stereocenters. The number of methoxy groups -OCH3 is 1. The lowest BCUT2D eigenvalue weighted by Crippen LogP contribution is -2.25. The van der Waals surface area contributed by atoms with Gasteiger partial charge in [-0.05, 0) is 24.2 Å². The van der Waals surface area contributed by atoms with Gasteiger partial charge in [0.2, 0.25) is 0 Å². The molecule has 0 saturated heterocycles. The number of benzene rings is 2. The van der Waals surface area contributed by atoms with Crippen molar-refractivity contribution in [3.63, 3.8) is 0 Å². The van der Waals surface area contributed by atoms with Gasteiger partial charge in [0.1, 0.15) is 6.10 Å². The molecule has 0 aromatic heterocycles. The van der Waals surface area contributed by atoms with Gasteiger partial charge < -0.3 is 10.1 Å². The number of halogens is 2. The smallest absolute Gasteiger partial charge is 0.102 e. The lowest BCUT2D eigenvalue weighted by atomic mass is 9.95. The molecule has 0 spiro atoms. The van der Waals surface area contributed by atoms with Crippen LogP contribution in [-0.4, -0.2) is 14.2 Å². The summed E-state index contributed by atoms with van der Waals surface area (Å²) in [7, 11) is 3.58. The zero-order chi connectivity index (χ0) is 14.5. The molecule has 0 radical (unpaired) electrons. The minimum atomic E-state index is -0.142. The third-order valence-corrected chi connectivity index (χ3v) is 4.15. The zero-order valence-electron chi connectivity index (χ0n) is 11.4. The molecule has 0 aliphatic rings. The lowest BCUT2D eigenvalue weighted by Gasteiger charge is -2.27. The number of hydrogen-bond donors (Lipinski definition) is 1. The van der Waals surface area contributed by atoms with Crippen molar-refractivity contribution in [2.45, 2.75) is 12.1 Å². The van der Waals surface area contributed by atoms with Gasteiger partial charge in [-0.1, -0.05) is 65.7 Å². The molecule has 0 fully saturated rings. The number of ether oxygens (including phenoxy) is 1. The van der Waals surface area contributed by atoms with E-state index in [0.29, 0.717) is 10.0 Å². The Labute approximate surface area is 129 Å². The molecule has 2 rings (SSSR count). The Morgan fingerprint density at radius 3 is 2.30 bits per heavy atom. The molecular weight excluding hydrogens is 293 g/mol. The van der Waals surface area contributed by atoms with Crippen molar-refractivity contribution in [3.8, 4) is 0 Å². The summed E-state index contributed by atoms with van der Waals surface area (Å²) in [6.45, 7) is 0. The van der Waals surface area contributed by atoms with Crippen LogP contribution in [0.15, 0.2) is 48.5 Å².